The lowest BCUT2D eigenvalue weighted by Gasteiger charge is -2.36. The number of ketones is 2. The van der Waals surface area contributed by atoms with Crippen molar-refractivity contribution in [2.45, 2.75) is 46.7 Å². The third kappa shape index (κ3) is 2.27. The summed E-state index contributed by atoms with van der Waals surface area (Å²) in [5.74, 6) is 0.174. The number of nitrogens with one attached hydrogen (secondary N) is 1. The van der Waals surface area contributed by atoms with E-state index in [2.05, 4.69) is 5.32 Å². The van der Waals surface area contributed by atoms with Crippen molar-refractivity contribution in [3.8, 4) is 0 Å². The number of Topliss-reactive ketones (excluding diaryl/α,β-unsaturated/α-hetero) is 2. The van der Waals surface area contributed by atoms with Crippen LogP contribution in [0.25, 0.3) is 0 Å². The molecule has 1 aliphatic carbocycles. The number of carbonyl (C=O) groups excluding carboxylic acids is 2. The first kappa shape index (κ1) is 13.9. The van der Waals surface area contributed by atoms with Crippen molar-refractivity contribution >= 4 is 11.6 Å². The third-order valence-corrected chi connectivity index (χ3v) is 3.12. The highest BCUT2D eigenvalue weighted by atomic mass is 16.5. The standard InChI is InChI=1S/C13H21NO3/c1-7(2)14-9-10(15)8(3)12(17-6)13(4,5)11(9)16/h7,9,14H,1-6H3. The van der Waals surface area contributed by atoms with Crippen molar-refractivity contribution in [3.63, 3.8) is 0 Å². The fourth-order valence-electron chi connectivity index (χ4n) is 2.28. The minimum Gasteiger partial charge on any atom is -0.500 e. The van der Waals surface area contributed by atoms with E-state index in [1.165, 1.54) is 7.11 Å². The van der Waals surface area contributed by atoms with Crippen LogP contribution in [0.1, 0.15) is 34.6 Å². The first-order valence-corrected chi connectivity index (χ1v) is 5.83. The van der Waals surface area contributed by atoms with Gasteiger partial charge in [-0.05, 0) is 34.6 Å². The minimum absolute atomic E-state index is 0.0839. The van der Waals surface area contributed by atoms with Gasteiger partial charge in [0.25, 0.3) is 0 Å². The van der Waals surface area contributed by atoms with Crippen LogP contribution in [0.2, 0.25) is 0 Å². The van der Waals surface area contributed by atoms with E-state index in [0.717, 1.165) is 0 Å². The summed E-state index contributed by atoms with van der Waals surface area (Å²) in [5.41, 5.74) is -0.213. The molecule has 0 aromatic heterocycles. The fourth-order valence-corrected chi connectivity index (χ4v) is 2.28. The summed E-state index contributed by atoms with van der Waals surface area (Å²) in [6, 6.07) is -0.663. The lowest BCUT2D eigenvalue weighted by molar-refractivity contribution is -0.136. The Morgan fingerprint density at radius 3 is 2.24 bits per heavy atom. The highest BCUT2D eigenvalue weighted by Gasteiger charge is 2.47. The molecule has 0 radical (unpaired) electrons. The average molecular weight is 239 g/mol. The molecule has 0 saturated carbocycles. The molecule has 1 rings (SSSR count). The van der Waals surface area contributed by atoms with Gasteiger partial charge in [0.05, 0.1) is 12.5 Å². The molecule has 96 valence electrons. The maximum Gasteiger partial charge on any atom is 0.186 e. The van der Waals surface area contributed by atoms with Crippen molar-refractivity contribution in [3.05, 3.63) is 11.3 Å². The molecule has 0 saturated heterocycles. The molecule has 0 spiro atoms. The van der Waals surface area contributed by atoms with Crippen LogP contribution in [0.15, 0.2) is 11.3 Å². The molecule has 0 aromatic carbocycles. The summed E-state index contributed by atoms with van der Waals surface area (Å²) >= 11 is 0. The predicted molar refractivity (Wildman–Crippen MR) is 65.6 cm³/mol. The van der Waals surface area contributed by atoms with Gasteiger partial charge in [-0.1, -0.05) is 0 Å². The predicted octanol–water partition coefficient (Wildman–Crippen LogP) is 1.45. The van der Waals surface area contributed by atoms with E-state index < -0.39 is 11.5 Å². The Kier molecular flexibility index (Phi) is 3.77. The minimum atomic E-state index is -0.751. The lowest BCUT2D eigenvalue weighted by Crippen LogP contribution is -2.55. The van der Waals surface area contributed by atoms with Crippen LogP contribution >= 0.6 is 0 Å². The van der Waals surface area contributed by atoms with Gasteiger partial charge >= 0.3 is 0 Å². The zero-order chi connectivity index (χ0) is 13.4. The number of hydrogen-bond donors (Lipinski definition) is 1. The number of carbonyl (C=O) groups is 2. The van der Waals surface area contributed by atoms with Gasteiger partial charge in [0.2, 0.25) is 0 Å². The number of ether oxygens (including phenoxy) is 1. The molecule has 4 nitrogen and oxygen atoms in total. The van der Waals surface area contributed by atoms with Gasteiger partial charge in [0.1, 0.15) is 11.8 Å². The van der Waals surface area contributed by atoms with E-state index in [1.807, 2.05) is 13.8 Å². The van der Waals surface area contributed by atoms with Crippen molar-refractivity contribution in [1.82, 2.24) is 5.32 Å². The van der Waals surface area contributed by atoms with E-state index in [9.17, 15) is 9.59 Å². The van der Waals surface area contributed by atoms with E-state index in [0.29, 0.717) is 11.3 Å². The molecule has 4 heteroatoms. The average Bonchev–Trinajstić information content (AvgIpc) is 2.22. The van der Waals surface area contributed by atoms with Crippen LogP contribution in [0.3, 0.4) is 0 Å². The summed E-state index contributed by atoms with van der Waals surface area (Å²) < 4.78 is 5.22. The lowest BCUT2D eigenvalue weighted by atomic mass is 9.73. The Bertz CT molecular complexity index is 380. The molecular weight excluding hydrogens is 218 g/mol. The van der Waals surface area contributed by atoms with Gasteiger partial charge in [0.15, 0.2) is 11.6 Å². The third-order valence-electron chi connectivity index (χ3n) is 3.12. The number of rotatable bonds is 3. The molecular formula is C13H21NO3. The summed E-state index contributed by atoms with van der Waals surface area (Å²) in [4.78, 5) is 24.4. The van der Waals surface area contributed by atoms with E-state index in [-0.39, 0.29) is 17.6 Å². The summed E-state index contributed by atoms with van der Waals surface area (Å²) in [6.45, 7) is 9.12. The van der Waals surface area contributed by atoms with Crippen LogP contribution < -0.4 is 5.32 Å². The zero-order valence-corrected chi connectivity index (χ0v) is 11.4. The topological polar surface area (TPSA) is 55.4 Å². The SMILES string of the molecule is COC1=C(C)C(=O)C(NC(C)C)C(=O)C1(C)C. The Morgan fingerprint density at radius 2 is 1.82 bits per heavy atom. The van der Waals surface area contributed by atoms with Crippen molar-refractivity contribution in [2.24, 2.45) is 5.41 Å². The maximum absolute atomic E-state index is 12.3. The van der Waals surface area contributed by atoms with Crippen molar-refractivity contribution < 1.29 is 14.3 Å². The van der Waals surface area contributed by atoms with Crippen LogP contribution in [0.4, 0.5) is 0 Å². The number of hydrogen-bond acceptors (Lipinski definition) is 4. The second-order valence-electron chi connectivity index (χ2n) is 5.27. The maximum atomic E-state index is 12.3. The largest absolute Gasteiger partial charge is 0.500 e. The van der Waals surface area contributed by atoms with Gasteiger partial charge in [-0.2, -0.15) is 0 Å². The molecule has 17 heavy (non-hydrogen) atoms. The zero-order valence-electron chi connectivity index (χ0n) is 11.4. The van der Waals surface area contributed by atoms with Gasteiger partial charge in [-0.3, -0.25) is 14.9 Å². The Balaban J connectivity index is 3.23. The van der Waals surface area contributed by atoms with Gasteiger partial charge in [-0.25, -0.2) is 0 Å². The highest BCUT2D eigenvalue weighted by Crippen LogP contribution is 2.36. The molecule has 1 unspecified atom stereocenters. The van der Waals surface area contributed by atoms with Gasteiger partial charge in [0, 0.05) is 11.6 Å². The van der Waals surface area contributed by atoms with Gasteiger partial charge < -0.3 is 4.74 Å². The van der Waals surface area contributed by atoms with Gasteiger partial charge in [-0.15, -0.1) is 0 Å². The molecule has 0 heterocycles. The normalized spacial score (nSPS) is 24.5. The molecule has 0 fully saturated rings. The Morgan fingerprint density at radius 1 is 1.29 bits per heavy atom. The second kappa shape index (κ2) is 4.61. The first-order chi connectivity index (χ1) is 7.73. The molecule has 0 bridgehead atoms. The van der Waals surface area contributed by atoms with Crippen LogP contribution in [0, 0.1) is 5.41 Å². The quantitative estimate of drug-likeness (QED) is 0.757. The molecule has 1 atom stereocenters. The molecule has 0 aromatic rings. The molecule has 0 amide bonds. The molecule has 1 aliphatic rings. The Labute approximate surface area is 102 Å². The van der Waals surface area contributed by atoms with E-state index >= 15 is 0 Å². The summed E-state index contributed by atoms with van der Waals surface area (Å²) in [6.07, 6.45) is 0. The van der Waals surface area contributed by atoms with Crippen LogP contribution in [-0.2, 0) is 14.3 Å². The highest BCUT2D eigenvalue weighted by molar-refractivity contribution is 6.19. The smallest absolute Gasteiger partial charge is 0.186 e. The van der Waals surface area contributed by atoms with Crippen molar-refractivity contribution in [1.29, 1.82) is 0 Å². The van der Waals surface area contributed by atoms with E-state index in [4.69, 9.17) is 4.74 Å². The summed E-state index contributed by atoms with van der Waals surface area (Å²) in [5, 5.41) is 3.02. The fraction of sp³-hybridized carbons (Fsp3) is 0.692. The van der Waals surface area contributed by atoms with Crippen LogP contribution in [0.5, 0.6) is 0 Å². The molecule has 0 aliphatic heterocycles. The Hall–Kier alpha value is -1.16. The second-order valence-corrected chi connectivity index (χ2v) is 5.27. The number of allylic oxidation sites excluding steroid dienone is 1. The first-order valence-electron chi connectivity index (χ1n) is 5.83. The van der Waals surface area contributed by atoms with Crippen LogP contribution in [-0.4, -0.2) is 30.8 Å². The van der Waals surface area contributed by atoms with Crippen molar-refractivity contribution in [2.75, 3.05) is 7.11 Å². The van der Waals surface area contributed by atoms with E-state index in [1.54, 1.807) is 20.8 Å². The number of methoxy groups -OCH3 is 1. The monoisotopic (exact) mass is 239 g/mol. The molecule has 1 N–H and O–H groups in total. The summed E-state index contributed by atoms with van der Waals surface area (Å²) in [7, 11) is 1.50.